The Bertz CT molecular complexity index is 542. The molecule has 1 amide bonds. The zero-order chi connectivity index (χ0) is 14.7. The molecular weight excluding hydrogens is 264 g/mol. The summed E-state index contributed by atoms with van der Waals surface area (Å²) in [5, 5.41) is 8.79. The minimum absolute atomic E-state index is 0.194. The predicted molar refractivity (Wildman–Crippen MR) is 79.7 cm³/mol. The monoisotopic (exact) mass is 284 g/mol. The van der Waals surface area contributed by atoms with Crippen molar-refractivity contribution in [3.8, 4) is 6.07 Å². The molecule has 1 aromatic heterocycles. The van der Waals surface area contributed by atoms with Crippen LogP contribution in [0.1, 0.15) is 31.2 Å². The number of rotatable bonds is 3. The van der Waals surface area contributed by atoms with Crippen molar-refractivity contribution in [2.75, 3.05) is 31.1 Å². The average molecular weight is 284 g/mol. The molecule has 0 N–H and O–H groups in total. The van der Waals surface area contributed by atoms with Crippen molar-refractivity contribution >= 4 is 11.7 Å². The highest BCUT2D eigenvalue weighted by atomic mass is 16.2. The number of amides is 1. The molecule has 0 unspecified atom stereocenters. The van der Waals surface area contributed by atoms with Crippen LogP contribution in [0, 0.1) is 17.2 Å². The third-order valence-electron chi connectivity index (χ3n) is 4.47. The standard InChI is InChI=1S/C16H20N4O/c17-9-14-5-6-15(18-10-14)19-7-8-20(16(21)12-19)11-13-3-1-2-4-13/h5-6,10,13H,1-4,7-8,11-12H2. The van der Waals surface area contributed by atoms with Crippen molar-refractivity contribution in [3.05, 3.63) is 23.9 Å². The molecule has 2 aliphatic rings. The second-order valence-electron chi connectivity index (χ2n) is 5.93. The summed E-state index contributed by atoms with van der Waals surface area (Å²) in [5.41, 5.74) is 0.546. The fourth-order valence-corrected chi connectivity index (χ4v) is 3.24. The van der Waals surface area contributed by atoms with Gasteiger partial charge in [-0.2, -0.15) is 5.26 Å². The molecule has 5 nitrogen and oxygen atoms in total. The van der Waals surface area contributed by atoms with Gasteiger partial charge in [0.1, 0.15) is 11.9 Å². The number of carbonyl (C=O) groups excluding carboxylic acids is 1. The minimum Gasteiger partial charge on any atom is -0.346 e. The molecule has 0 atom stereocenters. The van der Waals surface area contributed by atoms with Crippen molar-refractivity contribution in [2.45, 2.75) is 25.7 Å². The highest BCUT2D eigenvalue weighted by Gasteiger charge is 2.27. The maximum Gasteiger partial charge on any atom is 0.242 e. The van der Waals surface area contributed by atoms with E-state index in [1.54, 1.807) is 12.3 Å². The summed E-state index contributed by atoms with van der Waals surface area (Å²) in [6, 6.07) is 5.62. The number of hydrogen-bond acceptors (Lipinski definition) is 4. The number of nitriles is 1. The van der Waals surface area contributed by atoms with Crippen LogP contribution in [-0.2, 0) is 4.79 Å². The van der Waals surface area contributed by atoms with Crippen molar-refractivity contribution in [1.82, 2.24) is 9.88 Å². The molecular formula is C16H20N4O. The van der Waals surface area contributed by atoms with E-state index in [0.717, 1.165) is 25.5 Å². The topological polar surface area (TPSA) is 60.2 Å². The lowest BCUT2D eigenvalue weighted by molar-refractivity contribution is -0.131. The SMILES string of the molecule is N#Cc1ccc(N2CCN(CC3CCCC3)C(=O)C2)nc1. The predicted octanol–water partition coefficient (Wildman–Crippen LogP) is 1.79. The van der Waals surface area contributed by atoms with Gasteiger partial charge in [0.2, 0.25) is 5.91 Å². The number of carbonyl (C=O) groups is 1. The van der Waals surface area contributed by atoms with Crippen molar-refractivity contribution in [1.29, 1.82) is 5.26 Å². The summed E-state index contributed by atoms with van der Waals surface area (Å²) >= 11 is 0. The van der Waals surface area contributed by atoms with Crippen LogP contribution in [0.3, 0.4) is 0 Å². The van der Waals surface area contributed by atoms with Gasteiger partial charge in [-0.1, -0.05) is 12.8 Å². The Labute approximate surface area is 125 Å². The first-order chi connectivity index (χ1) is 10.3. The van der Waals surface area contributed by atoms with Gasteiger partial charge in [0.05, 0.1) is 12.1 Å². The van der Waals surface area contributed by atoms with E-state index in [-0.39, 0.29) is 5.91 Å². The molecule has 1 aliphatic carbocycles. The van der Waals surface area contributed by atoms with E-state index in [1.165, 1.54) is 25.7 Å². The molecule has 0 spiro atoms. The normalized spacial score (nSPS) is 19.9. The van der Waals surface area contributed by atoms with Gasteiger partial charge in [0.15, 0.2) is 0 Å². The second-order valence-corrected chi connectivity index (χ2v) is 5.93. The van der Waals surface area contributed by atoms with Crippen LogP contribution in [0.2, 0.25) is 0 Å². The molecule has 5 heteroatoms. The summed E-state index contributed by atoms with van der Waals surface area (Å²) in [4.78, 5) is 20.6. The van der Waals surface area contributed by atoms with Gasteiger partial charge < -0.3 is 9.80 Å². The van der Waals surface area contributed by atoms with E-state index in [1.807, 2.05) is 15.9 Å². The molecule has 2 heterocycles. The van der Waals surface area contributed by atoms with Crippen molar-refractivity contribution in [3.63, 3.8) is 0 Å². The van der Waals surface area contributed by atoms with Crippen LogP contribution in [0.25, 0.3) is 0 Å². The van der Waals surface area contributed by atoms with E-state index in [0.29, 0.717) is 18.0 Å². The molecule has 1 aromatic rings. The van der Waals surface area contributed by atoms with E-state index in [4.69, 9.17) is 5.26 Å². The molecule has 1 saturated heterocycles. The Morgan fingerprint density at radius 1 is 1.29 bits per heavy atom. The minimum atomic E-state index is 0.194. The van der Waals surface area contributed by atoms with E-state index in [2.05, 4.69) is 11.1 Å². The summed E-state index contributed by atoms with van der Waals surface area (Å²) < 4.78 is 0. The smallest absolute Gasteiger partial charge is 0.242 e. The van der Waals surface area contributed by atoms with Crippen molar-refractivity contribution < 1.29 is 4.79 Å². The van der Waals surface area contributed by atoms with Gasteiger partial charge >= 0.3 is 0 Å². The third kappa shape index (κ3) is 3.15. The zero-order valence-electron chi connectivity index (χ0n) is 12.2. The van der Waals surface area contributed by atoms with E-state index < -0.39 is 0 Å². The summed E-state index contributed by atoms with van der Waals surface area (Å²) in [7, 11) is 0. The van der Waals surface area contributed by atoms with Crippen LogP contribution in [0.4, 0.5) is 5.82 Å². The first-order valence-electron chi connectivity index (χ1n) is 7.65. The highest BCUT2D eigenvalue weighted by Crippen LogP contribution is 2.26. The lowest BCUT2D eigenvalue weighted by atomic mass is 10.1. The quantitative estimate of drug-likeness (QED) is 0.849. The van der Waals surface area contributed by atoms with Gasteiger partial charge in [-0.3, -0.25) is 4.79 Å². The van der Waals surface area contributed by atoms with Gasteiger partial charge in [-0.05, 0) is 30.9 Å². The summed E-state index contributed by atoms with van der Waals surface area (Å²) in [6.07, 6.45) is 6.72. The molecule has 0 radical (unpaired) electrons. The lowest BCUT2D eigenvalue weighted by Crippen LogP contribution is -2.51. The number of anilines is 1. The number of pyridine rings is 1. The Morgan fingerprint density at radius 2 is 2.10 bits per heavy atom. The summed E-state index contributed by atoms with van der Waals surface area (Å²) in [6.45, 7) is 2.91. The van der Waals surface area contributed by atoms with Crippen LogP contribution in [0.15, 0.2) is 18.3 Å². The molecule has 21 heavy (non-hydrogen) atoms. The van der Waals surface area contributed by atoms with E-state index in [9.17, 15) is 4.79 Å². The van der Waals surface area contributed by atoms with Crippen molar-refractivity contribution in [2.24, 2.45) is 5.92 Å². The molecule has 2 fully saturated rings. The first-order valence-corrected chi connectivity index (χ1v) is 7.65. The van der Waals surface area contributed by atoms with Crippen LogP contribution < -0.4 is 4.90 Å². The Hall–Kier alpha value is -2.09. The number of nitrogens with zero attached hydrogens (tertiary/aromatic N) is 4. The lowest BCUT2D eigenvalue weighted by Gasteiger charge is -2.36. The molecule has 0 aromatic carbocycles. The molecule has 110 valence electrons. The summed E-state index contributed by atoms with van der Waals surface area (Å²) in [5.74, 6) is 1.68. The molecule has 3 rings (SSSR count). The first kappa shape index (κ1) is 13.9. The van der Waals surface area contributed by atoms with E-state index >= 15 is 0 Å². The number of hydrogen-bond donors (Lipinski definition) is 0. The van der Waals surface area contributed by atoms with Crippen LogP contribution >= 0.6 is 0 Å². The fourth-order valence-electron chi connectivity index (χ4n) is 3.24. The second kappa shape index (κ2) is 6.13. The zero-order valence-corrected chi connectivity index (χ0v) is 12.2. The van der Waals surface area contributed by atoms with Crippen LogP contribution in [-0.4, -0.2) is 42.0 Å². The maximum atomic E-state index is 12.3. The number of piperazine rings is 1. The Kier molecular flexibility index (Phi) is 4.05. The third-order valence-corrected chi connectivity index (χ3v) is 4.47. The van der Waals surface area contributed by atoms with Gasteiger partial charge in [0, 0.05) is 25.8 Å². The van der Waals surface area contributed by atoms with Gasteiger partial charge in [-0.15, -0.1) is 0 Å². The van der Waals surface area contributed by atoms with Crippen LogP contribution in [0.5, 0.6) is 0 Å². The van der Waals surface area contributed by atoms with Gasteiger partial charge in [-0.25, -0.2) is 4.98 Å². The Morgan fingerprint density at radius 3 is 2.71 bits per heavy atom. The fraction of sp³-hybridized carbons (Fsp3) is 0.562. The molecule has 1 aliphatic heterocycles. The highest BCUT2D eigenvalue weighted by molar-refractivity contribution is 5.82. The Balaban J connectivity index is 1.59. The number of aromatic nitrogens is 1. The molecule has 0 bridgehead atoms. The molecule has 1 saturated carbocycles. The maximum absolute atomic E-state index is 12.3. The van der Waals surface area contributed by atoms with Gasteiger partial charge in [0.25, 0.3) is 0 Å². The largest absolute Gasteiger partial charge is 0.346 e. The average Bonchev–Trinajstić information content (AvgIpc) is 3.02.